The first kappa shape index (κ1) is 13.5. The molecular weight excluding hydrogens is 238 g/mol. The molecule has 0 spiro atoms. The molecule has 18 heavy (non-hydrogen) atoms. The van der Waals surface area contributed by atoms with Gasteiger partial charge in [-0.15, -0.1) is 0 Å². The number of thioether (sulfide) groups is 1. The molecule has 0 saturated heterocycles. The molecular formula is C16H21NS. The fraction of sp³-hybridized carbons (Fsp3) is 0.562. The standard InChI is InChI=1S/C16H21NS/c1-12(2)18-16-10-14(8-9-15(16)11-17)13-6-4-3-5-7-13/h3-7,12,14-16H,8-10H2,1-2H3. The Morgan fingerprint density at radius 3 is 2.56 bits per heavy atom. The molecule has 3 atom stereocenters. The van der Waals surface area contributed by atoms with Crippen molar-refractivity contribution in [2.24, 2.45) is 5.92 Å². The van der Waals surface area contributed by atoms with Gasteiger partial charge in [0.2, 0.25) is 0 Å². The van der Waals surface area contributed by atoms with E-state index in [4.69, 9.17) is 0 Å². The molecule has 1 aliphatic rings. The van der Waals surface area contributed by atoms with Crippen LogP contribution in [0.4, 0.5) is 0 Å². The summed E-state index contributed by atoms with van der Waals surface area (Å²) in [4.78, 5) is 0. The summed E-state index contributed by atoms with van der Waals surface area (Å²) in [6.07, 6.45) is 3.38. The van der Waals surface area contributed by atoms with Crippen LogP contribution in [0, 0.1) is 17.2 Å². The molecule has 1 aliphatic carbocycles. The van der Waals surface area contributed by atoms with Crippen molar-refractivity contribution in [3.63, 3.8) is 0 Å². The average molecular weight is 259 g/mol. The van der Waals surface area contributed by atoms with Crippen LogP contribution in [0.5, 0.6) is 0 Å². The van der Waals surface area contributed by atoms with Gasteiger partial charge < -0.3 is 0 Å². The van der Waals surface area contributed by atoms with Gasteiger partial charge in [-0.05, 0) is 36.0 Å². The molecule has 0 bridgehead atoms. The lowest BCUT2D eigenvalue weighted by molar-refractivity contribution is 0.393. The second-order valence-electron chi connectivity index (χ2n) is 5.38. The van der Waals surface area contributed by atoms with Crippen LogP contribution in [-0.4, -0.2) is 10.5 Å². The Hall–Kier alpha value is -0.940. The van der Waals surface area contributed by atoms with Gasteiger partial charge in [-0.3, -0.25) is 0 Å². The summed E-state index contributed by atoms with van der Waals surface area (Å²) in [5.74, 6) is 0.893. The highest BCUT2D eigenvalue weighted by atomic mass is 32.2. The highest BCUT2D eigenvalue weighted by Gasteiger charge is 2.31. The summed E-state index contributed by atoms with van der Waals surface area (Å²) < 4.78 is 0. The molecule has 1 nitrogen and oxygen atoms in total. The van der Waals surface area contributed by atoms with Crippen LogP contribution in [0.3, 0.4) is 0 Å². The first-order valence-corrected chi connectivity index (χ1v) is 7.75. The fourth-order valence-corrected chi connectivity index (χ4v) is 4.23. The molecule has 2 heteroatoms. The molecule has 0 aliphatic heterocycles. The molecule has 0 amide bonds. The number of hydrogen-bond acceptors (Lipinski definition) is 2. The number of nitriles is 1. The maximum Gasteiger partial charge on any atom is 0.0667 e. The zero-order chi connectivity index (χ0) is 13.0. The molecule has 0 N–H and O–H groups in total. The smallest absolute Gasteiger partial charge is 0.0667 e. The van der Waals surface area contributed by atoms with Crippen LogP contribution in [0.1, 0.15) is 44.6 Å². The monoisotopic (exact) mass is 259 g/mol. The van der Waals surface area contributed by atoms with Crippen molar-refractivity contribution in [2.45, 2.75) is 49.5 Å². The zero-order valence-corrected chi connectivity index (χ0v) is 12.0. The number of rotatable bonds is 3. The van der Waals surface area contributed by atoms with Crippen molar-refractivity contribution < 1.29 is 0 Å². The molecule has 0 aromatic heterocycles. The van der Waals surface area contributed by atoms with Gasteiger partial charge in [0.25, 0.3) is 0 Å². The lowest BCUT2D eigenvalue weighted by Gasteiger charge is -2.33. The van der Waals surface area contributed by atoms with E-state index in [0.29, 0.717) is 16.4 Å². The van der Waals surface area contributed by atoms with Crippen molar-refractivity contribution in [3.05, 3.63) is 35.9 Å². The Bertz CT molecular complexity index is 407. The SMILES string of the molecule is CC(C)SC1CC(c2ccccc2)CCC1C#N. The predicted molar refractivity (Wildman–Crippen MR) is 78.7 cm³/mol. The zero-order valence-electron chi connectivity index (χ0n) is 11.2. The lowest BCUT2D eigenvalue weighted by atomic mass is 9.79. The third-order valence-corrected chi connectivity index (χ3v) is 5.09. The Kier molecular flexibility index (Phi) is 4.72. The summed E-state index contributed by atoms with van der Waals surface area (Å²) in [7, 11) is 0. The molecule has 0 heterocycles. The van der Waals surface area contributed by atoms with E-state index in [0.717, 1.165) is 19.3 Å². The van der Waals surface area contributed by atoms with Gasteiger partial charge in [-0.1, -0.05) is 44.2 Å². The van der Waals surface area contributed by atoms with Gasteiger partial charge in [-0.2, -0.15) is 17.0 Å². The van der Waals surface area contributed by atoms with Crippen LogP contribution in [0.2, 0.25) is 0 Å². The van der Waals surface area contributed by atoms with Gasteiger partial charge in [0.05, 0.1) is 12.0 Å². The first-order chi connectivity index (χ1) is 8.70. The highest BCUT2D eigenvalue weighted by Crippen LogP contribution is 2.42. The van der Waals surface area contributed by atoms with Gasteiger partial charge in [-0.25, -0.2) is 0 Å². The summed E-state index contributed by atoms with van der Waals surface area (Å²) in [5.41, 5.74) is 1.45. The minimum atomic E-state index is 0.248. The number of benzene rings is 1. The van der Waals surface area contributed by atoms with E-state index >= 15 is 0 Å². The van der Waals surface area contributed by atoms with Crippen LogP contribution in [0.25, 0.3) is 0 Å². The third-order valence-electron chi connectivity index (χ3n) is 3.68. The number of nitrogens with zero attached hydrogens (tertiary/aromatic N) is 1. The minimum Gasteiger partial charge on any atom is -0.198 e. The molecule has 3 unspecified atom stereocenters. The van der Waals surface area contributed by atoms with Crippen LogP contribution < -0.4 is 0 Å². The number of hydrogen-bond donors (Lipinski definition) is 0. The normalized spacial score (nSPS) is 28.0. The summed E-state index contributed by atoms with van der Waals surface area (Å²) in [5, 5.41) is 10.4. The van der Waals surface area contributed by atoms with E-state index in [1.165, 1.54) is 5.56 Å². The molecule has 1 aromatic carbocycles. The largest absolute Gasteiger partial charge is 0.198 e. The van der Waals surface area contributed by atoms with E-state index in [1.807, 2.05) is 11.8 Å². The van der Waals surface area contributed by atoms with E-state index in [1.54, 1.807) is 0 Å². The Morgan fingerprint density at radius 1 is 1.22 bits per heavy atom. The van der Waals surface area contributed by atoms with Crippen LogP contribution >= 0.6 is 11.8 Å². The third kappa shape index (κ3) is 3.29. The van der Waals surface area contributed by atoms with Crippen molar-refractivity contribution in [1.29, 1.82) is 5.26 Å². The summed E-state index contributed by atoms with van der Waals surface area (Å²) in [6, 6.07) is 13.3. The van der Waals surface area contributed by atoms with Crippen LogP contribution in [-0.2, 0) is 0 Å². The minimum absolute atomic E-state index is 0.248. The van der Waals surface area contributed by atoms with Crippen molar-refractivity contribution in [2.75, 3.05) is 0 Å². The van der Waals surface area contributed by atoms with E-state index in [-0.39, 0.29) is 5.92 Å². The Labute approximate surface area is 115 Å². The topological polar surface area (TPSA) is 23.8 Å². The Balaban J connectivity index is 2.07. The van der Waals surface area contributed by atoms with Gasteiger partial charge in [0.1, 0.15) is 0 Å². The maximum atomic E-state index is 9.27. The van der Waals surface area contributed by atoms with E-state index in [2.05, 4.69) is 50.2 Å². The van der Waals surface area contributed by atoms with Crippen molar-refractivity contribution >= 4 is 11.8 Å². The summed E-state index contributed by atoms with van der Waals surface area (Å²) >= 11 is 1.98. The second kappa shape index (κ2) is 6.29. The maximum absolute atomic E-state index is 9.27. The second-order valence-corrected chi connectivity index (χ2v) is 7.20. The molecule has 1 fully saturated rings. The van der Waals surface area contributed by atoms with Crippen molar-refractivity contribution in [3.8, 4) is 6.07 Å². The molecule has 2 rings (SSSR count). The van der Waals surface area contributed by atoms with Gasteiger partial charge >= 0.3 is 0 Å². The predicted octanol–water partition coefficient (Wildman–Crippen LogP) is 4.60. The molecule has 0 radical (unpaired) electrons. The highest BCUT2D eigenvalue weighted by molar-refractivity contribution is 8.00. The van der Waals surface area contributed by atoms with Crippen LogP contribution in [0.15, 0.2) is 30.3 Å². The summed E-state index contributed by atoms with van der Waals surface area (Å²) in [6.45, 7) is 4.45. The first-order valence-electron chi connectivity index (χ1n) is 6.80. The molecule has 96 valence electrons. The molecule has 1 saturated carbocycles. The van der Waals surface area contributed by atoms with Crippen molar-refractivity contribution in [1.82, 2.24) is 0 Å². The average Bonchev–Trinajstić information content (AvgIpc) is 2.39. The quantitative estimate of drug-likeness (QED) is 0.792. The molecule has 1 aromatic rings. The Morgan fingerprint density at radius 2 is 1.94 bits per heavy atom. The van der Waals surface area contributed by atoms with Gasteiger partial charge in [0, 0.05) is 5.25 Å². The van der Waals surface area contributed by atoms with E-state index in [9.17, 15) is 5.26 Å². The fourth-order valence-electron chi connectivity index (χ4n) is 2.80. The lowest BCUT2D eigenvalue weighted by Crippen LogP contribution is -2.26. The van der Waals surface area contributed by atoms with E-state index < -0.39 is 0 Å². The van der Waals surface area contributed by atoms with Gasteiger partial charge in [0.15, 0.2) is 0 Å².